The van der Waals surface area contributed by atoms with Gasteiger partial charge in [0.15, 0.2) is 11.5 Å². The van der Waals surface area contributed by atoms with E-state index in [2.05, 4.69) is 19.9 Å². The van der Waals surface area contributed by atoms with Crippen molar-refractivity contribution < 1.29 is 9.47 Å². The number of benzene rings is 1. The lowest BCUT2D eigenvalue weighted by molar-refractivity contribution is 0.228. The summed E-state index contributed by atoms with van der Waals surface area (Å²) in [6.45, 7) is 5.76. The van der Waals surface area contributed by atoms with Gasteiger partial charge in [-0.3, -0.25) is 0 Å². The van der Waals surface area contributed by atoms with Gasteiger partial charge in [0.05, 0.1) is 13.2 Å². The van der Waals surface area contributed by atoms with Crippen LogP contribution in [0.5, 0.6) is 11.5 Å². The minimum Gasteiger partial charge on any atom is -0.489 e. The van der Waals surface area contributed by atoms with Gasteiger partial charge in [-0.2, -0.15) is 0 Å². The van der Waals surface area contributed by atoms with Crippen molar-refractivity contribution in [3.05, 3.63) is 23.8 Å². The van der Waals surface area contributed by atoms with Crippen molar-refractivity contribution in [2.45, 2.75) is 45.6 Å². The Hall–Kier alpha value is -1.22. The highest BCUT2D eigenvalue weighted by atomic mass is 16.5. The minimum absolute atomic E-state index is 0.0983. The lowest BCUT2D eigenvalue weighted by Gasteiger charge is -2.14. The van der Waals surface area contributed by atoms with Crippen molar-refractivity contribution in [3.63, 3.8) is 0 Å². The van der Waals surface area contributed by atoms with E-state index in [-0.39, 0.29) is 6.04 Å². The van der Waals surface area contributed by atoms with Crippen LogP contribution in [0.4, 0.5) is 0 Å². The van der Waals surface area contributed by atoms with Crippen LogP contribution in [0.15, 0.2) is 18.2 Å². The van der Waals surface area contributed by atoms with Gasteiger partial charge in [-0.05, 0) is 24.1 Å². The molecule has 3 heteroatoms. The molecule has 0 saturated heterocycles. The van der Waals surface area contributed by atoms with Crippen LogP contribution < -0.4 is 15.2 Å². The Morgan fingerprint density at radius 2 is 1.95 bits per heavy atom. The normalized spacial score (nSPS) is 19.8. The first-order valence-electron chi connectivity index (χ1n) is 7.35. The van der Waals surface area contributed by atoms with Crippen LogP contribution in [0.3, 0.4) is 0 Å². The van der Waals surface area contributed by atoms with Crippen LogP contribution in [0.1, 0.15) is 51.1 Å². The maximum absolute atomic E-state index is 6.24. The molecule has 1 aromatic carbocycles. The maximum Gasteiger partial charge on any atom is 0.161 e. The first-order chi connectivity index (χ1) is 9.20. The van der Waals surface area contributed by atoms with Crippen molar-refractivity contribution in [1.29, 1.82) is 0 Å². The third-order valence-electron chi connectivity index (χ3n) is 3.56. The zero-order valence-electron chi connectivity index (χ0n) is 12.0. The van der Waals surface area contributed by atoms with Gasteiger partial charge in [0.25, 0.3) is 0 Å². The molecule has 0 amide bonds. The summed E-state index contributed by atoms with van der Waals surface area (Å²) in [5.74, 6) is 2.11. The predicted molar refractivity (Wildman–Crippen MR) is 77.7 cm³/mol. The number of ether oxygens (including phenoxy) is 2. The topological polar surface area (TPSA) is 44.5 Å². The molecule has 1 heterocycles. The molecule has 0 spiro atoms. The summed E-state index contributed by atoms with van der Waals surface area (Å²) in [6.07, 6.45) is 4.69. The van der Waals surface area contributed by atoms with E-state index in [1.807, 2.05) is 12.1 Å². The molecule has 2 rings (SSSR count). The van der Waals surface area contributed by atoms with Crippen LogP contribution in [-0.4, -0.2) is 13.2 Å². The number of fused-ring (bicyclic) bond motifs is 1. The molecule has 0 aliphatic carbocycles. The lowest BCUT2D eigenvalue weighted by Crippen LogP contribution is -2.12. The second kappa shape index (κ2) is 6.80. The summed E-state index contributed by atoms with van der Waals surface area (Å²) in [7, 11) is 0. The molecule has 0 saturated carbocycles. The van der Waals surface area contributed by atoms with Gasteiger partial charge < -0.3 is 15.2 Å². The number of hydrogen-bond acceptors (Lipinski definition) is 3. The number of hydrogen-bond donors (Lipinski definition) is 1. The van der Waals surface area contributed by atoms with Crippen LogP contribution in [0, 0.1) is 5.92 Å². The first-order valence-corrected chi connectivity index (χ1v) is 7.35. The Kier molecular flexibility index (Phi) is 5.08. The van der Waals surface area contributed by atoms with Crippen molar-refractivity contribution in [2.24, 2.45) is 11.7 Å². The quantitative estimate of drug-likeness (QED) is 0.824. The predicted octanol–water partition coefficient (Wildman–Crippen LogP) is 3.67. The van der Waals surface area contributed by atoms with E-state index in [4.69, 9.17) is 15.2 Å². The summed E-state index contributed by atoms with van der Waals surface area (Å²) < 4.78 is 11.5. The fraction of sp³-hybridized carbons (Fsp3) is 0.625. The molecule has 106 valence electrons. The fourth-order valence-corrected chi connectivity index (χ4v) is 2.28. The minimum atomic E-state index is 0.0983. The maximum atomic E-state index is 6.24. The van der Waals surface area contributed by atoms with Crippen molar-refractivity contribution in [1.82, 2.24) is 0 Å². The standard InChI is InChI=1S/C16H25NO2/c1-3-4-5-6-14(17)13-7-8-15-16(9-13)19-11-12(2)10-18-15/h7-9,12,14H,3-6,10-11,17H2,1-2H3. The summed E-state index contributed by atoms with van der Waals surface area (Å²) in [5, 5.41) is 0. The third-order valence-corrected chi connectivity index (χ3v) is 3.56. The van der Waals surface area contributed by atoms with Crippen LogP contribution >= 0.6 is 0 Å². The van der Waals surface area contributed by atoms with E-state index in [9.17, 15) is 0 Å². The zero-order valence-corrected chi connectivity index (χ0v) is 12.0. The highest BCUT2D eigenvalue weighted by Gasteiger charge is 2.16. The Labute approximate surface area is 116 Å². The van der Waals surface area contributed by atoms with E-state index >= 15 is 0 Å². The highest BCUT2D eigenvalue weighted by molar-refractivity contribution is 5.44. The SMILES string of the molecule is CCCCCC(N)c1ccc2c(c1)OCC(C)CO2. The molecule has 1 aliphatic heterocycles. The number of unbranched alkanes of at least 4 members (excludes halogenated alkanes) is 2. The summed E-state index contributed by atoms with van der Waals surface area (Å²) >= 11 is 0. The van der Waals surface area contributed by atoms with Gasteiger partial charge in [0.2, 0.25) is 0 Å². The molecule has 2 atom stereocenters. The van der Waals surface area contributed by atoms with Crippen LogP contribution in [0.25, 0.3) is 0 Å². The van der Waals surface area contributed by atoms with Crippen LogP contribution in [-0.2, 0) is 0 Å². The average Bonchev–Trinajstić information content (AvgIpc) is 2.61. The van der Waals surface area contributed by atoms with Gasteiger partial charge in [-0.25, -0.2) is 0 Å². The van der Waals surface area contributed by atoms with Gasteiger partial charge in [0, 0.05) is 12.0 Å². The molecule has 0 radical (unpaired) electrons. The monoisotopic (exact) mass is 263 g/mol. The molecule has 3 nitrogen and oxygen atoms in total. The molecular formula is C16H25NO2. The second-order valence-corrected chi connectivity index (χ2v) is 5.54. The average molecular weight is 263 g/mol. The van der Waals surface area contributed by atoms with Gasteiger partial charge in [-0.1, -0.05) is 39.2 Å². The van der Waals surface area contributed by atoms with E-state index in [0.29, 0.717) is 12.5 Å². The van der Waals surface area contributed by atoms with Gasteiger partial charge >= 0.3 is 0 Å². The second-order valence-electron chi connectivity index (χ2n) is 5.54. The fourth-order valence-electron chi connectivity index (χ4n) is 2.28. The lowest BCUT2D eigenvalue weighted by atomic mass is 10.0. The molecule has 1 aromatic rings. The van der Waals surface area contributed by atoms with Crippen molar-refractivity contribution in [2.75, 3.05) is 13.2 Å². The van der Waals surface area contributed by atoms with E-state index in [0.717, 1.165) is 30.1 Å². The highest BCUT2D eigenvalue weighted by Crippen LogP contribution is 2.33. The van der Waals surface area contributed by atoms with E-state index in [1.54, 1.807) is 0 Å². The molecule has 1 aliphatic rings. The van der Waals surface area contributed by atoms with E-state index < -0.39 is 0 Å². The molecule has 2 unspecified atom stereocenters. The Morgan fingerprint density at radius 1 is 1.21 bits per heavy atom. The smallest absolute Gasteiger partial charge is 0.161 e. The van der Waals surface area contributed by atoms with E-state index in [1.165, 1.54) is 19.3 Å². The number of rotatable bonds is 5. The van der Waals surface area contributed by atoms with Crippen LogP contribution in [0.2, 0.25) is 0 Å². The third kappa shape index (κ3) is 3.87. The summed E-state index contributed by atoms with van der Waals surface area (Å²) in [4.78, 5) is 0. The Morgan fingerprint density at radius 3 is 2.68 bits per heavy atom. The molecule has 0 aromatic heterocycles. The Balaban J connectivity index is 2.03. The molecule has 0 fully saturated rings. The van der Waals surface area contributed by atoms with Crippen molar-refractivity contribution >= 4 is 0 Å². The van der Waals surface area contributed by atoms with Gasteiger partial charge in [-0.15, -0.1) is 0 Å². The summed E-state index contributed by atoms with van der Waals surface area (Å²) in [6, 6.07) is 6.20. The summed E-state index contributed by atoms with van der Waals surface area (Å²) in [5.41, 5.74) is 7.39. The van der Waals surface area contributed by atoms with Gasteiger partial charge in [0.1, 0.15) is 0 Å². The Bertz CT molecular complexity index is 406. The zero-order chi connectivity index (χ0) is 13.7. The first kappa shape index (κ1) is 14.2. The molecule has 0 bridgehead atoms. The number of nitrogens with two attached hydrogens (primary N) is 1. The van der Waals surface area contributed by atoms with Crippen molar-refractivity contribution in [3.8, 4) is 11.5 Å². The molecule has 2 N–H and O–H groups in total. The molecular weight excluding hydrogens is 238 g/mol. The largest absolute Gasteiger partial charge is 0.489 e. The molecule has 19 heavy (non-hydrogen) atoms.